The van der Waals surface area contributed by atoms with Crippen molar-refractivity contribution in [1.82, 2.24) is 9.79 Å². The summed E-state index contributed by atoms with van der Waals surface area (Å²) in [5, 5.41) is 0.866. The number of hydrogen-bond donors (Lipinski definition) is 1. The predicted octanol–water partition coefficient (Wildman–Crippen LogP) is 2.62. The molecule has 1 aromatic carbocycles. The molecule has 1 rings (SSSR count). The summed E-state index contributed by atoms with van der Waals surface area (Å²) >= 11 is 0. The van der Waals surface area contributed by atoms with Gasteiger partial charge in [-0.2, -0.15) is 18.2 Å². The average molecular weight is 388 g/mol. The molecule has 9 heteroatoms. The summed E-state index contributed by atoms with van der Waals surface area (Å²) in [5.41, 5.74) is 0.770. The second kappa shape index (κ2) is 12.6. The molecule has 1 aromatic rings. The minimum absolute atomic E-state index is 0.0510. The molecule has 0 aliphatic heterocycles. The van der Waals surface area contributed by atoms with Gasteiger partial charge in [0.1, 0.15) is 0 Å². The summed E-state index contributed by atoms with van der Waals surface area (Å²) in [6.45, 7) is 2.68. The second-order valence-electron chi connectivity index (χ2n) is 5.61. The SMILES string of the molecule is CCCCCCNS(=O)(=O)OC(=O)N(Cc1ccccc1)OCCOC. The van der Waals surface area contributed by atoms with E-state index >= 15 is 0 Å². The van der Waals surface area contributed by atoms with E-state index in [1.54, 1.807) is 12.1 Å². The fraction of sp³-hybridized carbons (Fsp3) is 0.588. The van der Waals surface area contributed by atoms with Crippen LogP contribution in [0, 0.1) is 0 Å². The normalized spacial score (nSPS) is 11.3. The zero-order chi connectivity index (χ0) is 19.3. The molecule has 0 spiro atoms. The van der Waals surface area contributed by atoms with Crippen molar-refractivity contribution in [3.05, 3.63) is 35.9 Å². The van der Waals surface area contributed by atoms with Crippen LogP contribution in [-0.2, 0) is 30.6 Å². The molecule has 0 atom stereocenters. The molecule has 1 amide bonds. The Morgan fingerprint density at radius 3 is 2.50 bits per heavy atom. The zero-order valence-electron chi connectivity index (χ0n) is 15.3. The highest BCUT2D eigenvalue weighted by atomic mass is 32.2. The fourth-order valence-corrected chi connectivity index (χ4v) is 2.78. The van der Waals surface area contributed by atoms with Crippen LogP contribution >= 0.6 is 0 Å². The Morgan fingerprint density at radius 1 is 1.12 bits per heavy atom. The third kappa shape index (κ3) is 9.71. The summed E-state index contributed by atoms with van der Waals surface area (Å²) in [5.74, 6) is 0. The number of amides is 1. The maximum absolute atomic E-state index is 12.2. The van der Waals surface area contributed by atoms with E-state index in [2.05, 4.69) is 15.8 Å². The summed E-state index contributed by atoms with van der Waals surface area (Å²) in [6.07, 6.45) is 2.57. The van der Waals surface area contributed by atoms with Crippen molar-refractivity contribution in [3.8, 4) is 0 Å². The minimum atomic E-state index is -4.19. The fourth-order valence-electron chi connectivity index (χ4n) is 2.06. The molecule has 0 fully saturated rings. The number of benzene rings is 1. The van der Waals surface area contributed by atoms with Crippen molar-refractivity contribution in [3.63, 3.8) is 0 Å². The highest BCUT2D eigenvalue weighted by molar-refractivity contribution is 7.85. The lowest BCUT2D eigenvalue weighted by molar-refractivity contribution is -0.144. The number of ether oxygens (including phenoxy) is 1. The van der Waals surface area contributed by atoms with Crippen LogP contribution in [0.5, 0.6) is 0 Å². The number of methoxy groups -OCH3 is 1. The van der Waals surface area contributed by atoms with E-state index in [9.17, 15) is 13.2 Å². The van der Waals surface area contributed by atoms with Crippen LogP contribution in [0.1, 0.15) is 38.2 Å². The third-order valence-electron chi connectivity index (χ3n) is 3.40. The molecule has 148 valence electrons. The molecule has 0 aliphatic rings. The van der Waals surface area contributed by atoms with Crippen molar-refractivity contribution >= 4 is 16.4 Å². The van der Waals surface area contributed by atoms with Gasteiger partial charge in [-0.05, 0) is 12.0 Å². The molecule has 1 N–H and O–H groups in total. The van der Waals surface area contributed by atoms with Gasteiger partial charge in [0.25, 0.3) is 0 Å². The Hall–Kier alpha value is -1.68. The first-order valence-electron chi connectivity index (χ1n) is 8.65. The third-order valence-corrected chi connectivity index (χ3v) is 4.32. The van der Waals surface area contributed by atoms with Gasteiger partial charge < -0.3 is 8.92 Å². The number of unbranched alkanes of at least 4 members (excludes halogenated alkanes) is 3. The molecule has 0 unspecified atom stereocenters. The lowest BCUT2D eigenvalue weighted by atomic mass is 10.2. The van der Waals surface area contributed by atoms with Crippen LogP contribution in [0.4, 0.5) is 4.79 Å². The number of rotatable bonds is 13. The van der Waals surface area contributed by atoms with Gasteiger partial charge in [-0.15, -0.1) is 0 Å². The number of nitrogens with zero attached hydrogens (tertiary/aromatic N) is 1. The summed E-state index contributed by atoms with van der Waals surface area (Å²) in [7, 11) is -2.69. The van der Waals surface area contributed by atoms with Crippen LogP contribution in [0.2, 0.25) is 0 Å². The Balaban J connectivity index is 2.59. The standard InChI is InChI=1S/C17H28N2O6S/c1-3-4-5-9-12-18-26(21,22)25-17(20)19(24-14-13-23-2)15-16-10-7-6-8-11-16/h6-8,10-11,18H,3-5,9,12-15H2,1-2H3. The van der Waals surface area contributed by atoms with Crippen molar-refractivity contribution in [2.45, 2.75) is 39.2 Å². The molecule has 0 saturated carbocycles. The molecule has 0 aromatic heterocycles. The monoisotopic (exact) mass is 388 g/mol. The summed E-state index contributed by atoms with van der Waals surface area (Å²) < 4.78 is 35.5. The van der Waals surface area contributed by atoms with Gasteiger partial charge >= 0.3 is 16.4 Å². The largest absolute Gasteiger partial charge is 0.450 e. The van der Waals surface area contributed by atoms with Crippen molar-refractivity contribution in [1.29, 1.82) is 0 Å². The van der Waals surface area contributed by atoms with Crippen LogP contribution in [0.25, 0.3) is 0 Å². The van der Waals surface area contributed by atoms with Crippen LogP contribution in [0.15, 0.2) is 30.3 Å². The van der Waals surface area contributed by atoms with E-state index in [1.165, 1.54) is 7.11 Å². The van der Waals surface area contributed by atoms with E-state index in [4.69, 9.17) is 9.57 Å². The average Bonchev–Trinajstić information content (AvgIpc) is 2.61. The number of hydrogen-bond acceptors (Lipinski definition) is 6. The maximum Gasteiger partial charge on any atom is 0.450 e. The molecule has 0 aliphatic carbocycles. The van der Waals surface area contributed by atoms with Gasteiger partial charge in [-0.1, -0.05) is 56.5 Å². The minimum Gasteiger partial charge on any atom is -0.382 e. The lowest BCUT2D eigenvalue weighted by Gasteiger charge is -2.21. The van der Waals surface area contributed by atoms with Gasteiger partial charge in [0.05, 0.1) is 19.8 Å². The van der Waals surface area contributed by atoms with E-state index in [0.29, 0.717) is 6.42 Å². The van der Waals surface area contributed by atoms with Gasteiger partial charge in [-0.25, -0.2) is 4.79 Å². The Kier molecular flexibility index (Phi) is 10.9. The topological polar surface area (TPSA) is 94.2 Å². The number of carbonyl (C=O) groups excluding carboxylic acids is 1. The smallest absolute Gasteiger partial charge is 0.382 e. The number of nitrogens with one attached hydrogen (secondary N) is 1. The Bertz CT molecular complexity index is 609. The molecule has 0 saturated heterocycles. The van der Waals surface area contributed by atoms with Gasteiger partial charge in [0.2, 0.25) is 0 Å². The van der Waals surface area contributed by atoms with Crippen molar-refractivity contribution in [2.24, 2.45) is 0 Å². The molecule has 0 bridgehead atoms. The Morgan fingerprint density at radius 2 is 1.85 bits per heavy atom. The van der Waals surface area contributed by atoms with Gasteiger partial charge in [-0.3, -0.25) is 4.84 Å². The lowest BCUT2D eigenvalue weighted by Crippen LogP contribution is -2.37. The van der Waals surface area contributed by atoms with Crippen LogP contribution in [-0.4, -0.2) is 46.4 Å². The van der Waals surface area contributed by atoms with Crippen LogP contribution < -0.4 is 4.72 Å². The first kappa shape index (κ1) is 22.4. The Labute approximate surface area is 155 Å². The van der Waals surface area contributed by atoms with E-state index in [1.807, 2.05) is 18.2 Å². The van der Waals surface area contributed by atoms with E-state index < -0.39 is 16.4 Å². The summed E-state index contributed by atoms with van der Waals surface area (Å²) in [6, 6.07) is 9.04. The van der Waals surface area contributed by atoms with E-state index in [0.717, 1.165) is 29.9 Å². The maximum atomic E-state index is 12.2. The van der Waals surface area contributed by atoms with Crippen LogP contribution in [0.3, 0.4) is 0 Å². The summed E-state index contributed by atoms with van der Waals surface area (Å²) in [4.78, 5) is 17.5. The van der Waals surface area contributed by atoms with Gasteiger partial charge in [0.15, 0.2) is 0 Å². The van der Waals surface area contributed by atoms with Crippen molar-refractivity contribution < 1.29 is 27.0 Å². The van der Waals surface area contributed by atoms with E-state index in [-0.39, 0.29) is 26.3 Å². The molecule has 26 heavy (non-hydrogen) atoms. The molecular weight excluding hydrogens is 360 g/mol. The van der Waals surface area contributed by atoms with Gasteiger partial charge in [0, 0.05) is 13.7 Å². The molecular formula is C17H28N2O6S. The molecule has 0 radical (unpaired) electrons. The highest BCUT2D eigenvalue weighted by Crippen LogP contribution is 2.08. The zero-order valence-corrected chi connectivity index (χ0v) is 16.2. The predicted molar refractivity (Wildman–Crippen MR) is 97.4 cm³/mol. The second-order valence-corrected chi connectivity index (χ2v) is 6.97. The molecule has 8 nitrogen and oxygen atoms in total. The number of hydroxylamine groups is 2. The number of carbonyl (C=O) groups is 1. The van der Waals surface area contributed by atoms with Crippen molar-refractivity contribution in [2.75, 3.05) is 26.9 Å². The highest BCUT2D eigenvalue weighted by Gasteiger charge is 2.23. The molecule has 0 heterocycles. The first-order valence-corrected chi connectivity index (χ1v) is 10.1. The quantitative estimate of drug-likeness (QED) is 0.412. The first-order chi connectivity index (χ1) is 12.5.